The standard InChI is InChI=1S/C46H38N2/c1-33-19-29-44-42(31-33)46(2,3)43-32-41(28-30-45(43)48(44)38-17-11-6-12-18-38)47(39-24-20-36(21-25-39)34-13-7-4-8-14-34)40-26-22-37(23-27-40)35-15-9-5-10-16-35/h4-32H,1-3H3. The number of benzene rings is 7. The molecule has 0 saturated carbocycles. The van der Waals surface area contributed by atoms with Crippen LogP contribution >= 0.6 is 0 Å². The molecule has 0 fully saturated rings. The molecule has 7 aromatic carbocycles. The normalized spacial score (nSPS) is 13.0. The molecule has 1 aliphatic rings. The Morgan fingerprint density at radius 2 is 0.833 bits per heavy atom. The summed E-state index contributed by atoms with van der Waals surface area (Å²) in [6, 6.07) is 63.7. The molecule has 0 bridgehead atoms. The highest BCUT2D eigenvalue weighted by atomic mass is 15.2. The van der Waals surface area contributed by atoms with Gasteiger partial charge in [0.25, 0.3) is 0 Å². The molecule has 232 valence electrons. The van der Waals surface area contributed by atoms with Crippen molar-refractivity contribution in [3.63, 3.8) is 0 Å². The molecule has 8 rings (SSSR count). The molecule has 0 atom stereocenters. The first-order chi connectivity index (χ1) is 23.5. The molecular weight excluding hydrogens is 581 g/mol. The van der Waals surface area contributed by atoms with Gasteiger partial charge in [0, 0.05) is 28.2 Å². The van der Waals surface area contributed by atoms with Gasteiger partial charge >= 0.3 is 0 Å². The minimum Gasteiger partial charge on any atom is -0.310 e. The van der Waals surface area contributed by atoms with Gasteiger partial charge < -0.3 is 9.80 Å². The van der Waals surface area contributed by atoms with Crippen molar-refractivity contribution in [1.82, 2.24) is 0 Å². The van der Waals surface area contributed by atoms with Crippen molar-refractivity contribution in [3.05, 3.63) is 193 Å². The summed E-state index contributed by atoms with van der Waals surface area (Å²) in [4.78, 5) is 4.81. The summed E-state index contributed by atoms with van der Waals surface area (Å²) in [5, 5.41) is 0. The zero-order valence-corrected chi connectivity index (χ0v) is 27.6. The lowest BCUT2D eigenvalue weighted by Gasteiger charge is -2.43. The fourth-order valence-electron chi connectivity index (χ4n) is 7.15. The van der Waals surface area contributed by atoms with Gasteiger partial charge in [-0.3, -0.25) is 0 Å². The van der Waals surface area contributed by atoms with Crippen LogP contribution in [0.15, 0.2) is 176 Å². The molecule has 0 aromatic heterocycles. The molecule has 0 spiro atoms. The lowest BCUT2D eigenvalue weighted by Crippen LogP contribution is -2.31. The predicted octanol–water partition coefficient (Wildman–Crippen LogP) is 12.9. The van der Waals surface area contributed by atoms with Crippen molar-refractivity contribution in [2.45, 2.75) is 26.2 Å². The number of para-hydroxylation sites is 1. The van der Waals surface area contributed by atoms with E-state index in [2.05, 4.69) is 206 Å². The quantitative estimate of drug-likeness (QED) is 0.183. The molecule has 2 nitrogen and oxygen atoms in total. The second-order valence-corrected chi connectivity index (χ2v) is 13.2. The summed E-state index contributed by atoms with van der Waals surface area (Å²) < 4.78 is 0. The van der Waals surface area contributed by atoms with E-state index in [1.165, 1.54) is 50.3 Å². The Morgan fingerprint density at radius 1 is 0.417 bits per heavy atom. The maximum absolute atomic E-state index is 2.42. The Labute approximate surface area is 284 Å². The summed E-state index contributed by atoms with van der Waals surface area (Å²) in [7, 11) is 0. The van der Waals surface area contributed by atoms with E-state index in [1.807, 2.05) is 0 Å². The van der Waals surface area contributed by atoms with E-state index in [0.717, 1.165) is 22.7 Å². The molecule has 0 unspecified atom stereocenters. The topological polar surface area (TPSA) is 6.48 Å². The van der Waals surface area contributed by atoms with Gasteiger partial charge in [0.2, 0.25) is 0 Å². The maximum Gasteiger partial charge on any atom is 0.0504 e. The van der Waals surface area contributed by atoms with Gasteiger partial charge in [-0.1, -0.05) is 135 Å². The number of nitrogens with zero attached hydrogens (tertiary/aromatic N) is 2. The molecule has 2 heteroatoms. The largest absolute Gasteiger partial charge is 0.310 e. The van der Waals surface area contributed by atoms with Gasteiger partial charge in [0.1, 0.15) is 0 Å². The van der Waals surface area contributed by atoms with Crippen molar-refractivity contribution >= 4 is 34.1 Å². The number of fused-ring (bicyclic) bond motifs is 2. The second kappa shape index (κ2) is 12.1. The summed E-state index contributed by atoms with van der Waals surface area (Å²) in [5.41, 5.74) is 15.5. The molecule has 1 heterocycles. The molecule has 48 heavy (non-hydrogen) atoms. The van der Waals surface area contributed by atoms with Crippen LogP contribution in [0.2, 0.25) is 0 Å². The molecule has 0 radical (unpaired) electrons. The summed E-state index contributed by atoms with van der Waals surface area (Å²) in [6.07, 6.45) is 0. The van der Waals surface area contributed by atoms with E-state index in [0.29, 0.717) is 0 Å². The van der Waals surface area contributed by atoms with E-state index in [4.69, 9.17) is 0 Å². The molecular formula is C46H38N2. The van der Waals surface area contributed by atoms with Crippen LogP contribution in [0, 0.1) is 6.92 Å². The second-order valence-electron chi connectivity index (χ2n) is 13.2. The number of anilines is 6. The van der Waals surface area contributed by atoms with Gasteiger partial charge in [-0.05, 0) is 101 Å². The predicted molar refractivity (Wildman–Crippen MR) is 204 cm³/mol. The van der Waals surface area contributed by atoms with Crippen LogP contribution in [-0.4, -0.2) is 0 Å². The third-order valence-corrected chi connectivity index (χ3v) is 9.70. The zero-order valence-electron chi connectivity index (χ0n) is 27.6. The average Bonchev–Trinajstić information content (AvgIpc) is 3.14. The minimum absolute atomic E-state index is 0.210. The monoisotopic (exact) mass is 618 g/mol. The first-order valence-electron chi connectivity index (χ1n) is 16.7. The van der Waals surface area contributed by atoms with Crippen LogP contribution in [0.5, 0.6) is 0 Å². The van der Waals surface area contributed by atoms with Crippen molar-refractivity contribution in [2.75, 3.05) is 9.80 Å². The van der Waals surface area contributed by atoms with Crippen molar-refractivity contribution in [1.29, 1.82) is 0 Å². The summed E-state index contributed by atoms with van der Waals surface area (Å²) in [5.74, 6) is 0. The van der Waals surface area contributed by atoms with Crippen LogP contribution in [0.4, 0.5) is 34.1 Å². The minimum atomic E-state index is -0.210. The van der Waals surface area contributed by atoms with Crippen LogP contribution in [0.3, 0.4) is 0 Å². The number of hydrogen-bond donors (Lipinski definition) is 0. The first-order valence-corrected chi connectivity index (χ1v) is 16.7. The van der Waals surface area contributed by atoms with Crippen molar-refractivity contribution in [3.8, 4) is 22.3 Å². The van der Waals surface area contributed by atoms with Gasteiger partial charge in [-0.25, -0.2) is 0 Å². The van der Waals surface area contributed by atoms with Gasteiger partial charge in [-0.2, -0.15) is 0 Å². The van der Waals surface area contributed by atoms with Gasteiger partial charge in [0.15, 0.2) is 0 Å². The SMILES string of the molecule is Cc1ccc2c(c1)C(C)(C)c1cc(N(c3ccc(-c4ccccc4)cc3)c3ccc(-c4ccccc4)cc3)ccc1N2c1ccccc1. The van der Waals surface area contributed by atoms with E-state index in [9.17, 15) is 0 Å². The lowest BCUT2D eigenvalue weighted by atomic mass is 9.73. The highest BCUT2D eigenvalue weighted by Gasteiger charge is 2.37. The summed E-state index contributed by atoms with van der Waals surface area (Å²) in [6.45, 7) is 6.92. The van der Waals surface area contributed by atoms with Crippen LogP contribution in [0.1, 0.15) is 30.5 Å². The average molecular weight is 619 g/mol. The smallest absolute Gasteiger partial charge is 0.0504 e. The van der Waals surface area contributed by atoms with Crippen molar-refractivity contribution in [2.24, 2.45) is 0 Å². The van der Waals surface area contributed by atoms with Crippen LogP contribution in [-0.2, 0) is 5.41 Å². The lowest BCUT2D eigenvalue weighted by molar-refractivity contribution is 0.631. The Morgan fingerprint density at radius 3 is 1.35 bits per heavy atom. The fourth-order valence-corrected chi connectivity index (χ4v) is 7.15. The van der Waals surface area contributed by atoms with E-state index >= 15 is 0 Å². The Kier molecular flexibility index (Phi) is 7.42. The van der Waals surface area contributed by atoms with E-state index in [-0.39, 0.29) is 5.41 Å². The van der Waals surface area contributed by atoms with E-state index < -0.39 is 0 Å². The zero-order chi connectivity index (χ0) is 32.7. The molecule has 0 N–H and O–H groups in total. The van der Waals surface area contributed by atoms with Crippen LogP contribution in [0.25, 0.3) is 22.3 Å². The molecule has 0 aliphatic carbocycles. The summed E-state index contributed by atoms with van der Waals surface area (Å²) >= 11 is 0. The molecule has 0 amide bonds. The highest BCUT2D eigenvalue weighted by molar-refractivity contribution is 5.89. The first kappa shape index (κ1) is 29.5. The molecule has 1 aliphatic heterocycles. The van der Waals surface area contributed by atoms with Crippen LogP contribution < -0.4 is 9.80 Å². The van der Waals surface area contributed by atoms with Gasteiger partial charge in [0.05, 0.1) is 11.4 Å². The Balaban J connectivity index is 1.28. The van der Waals surface area contributed by atoms with Gasteiger partial charge in [-0.15, -0.1) is 0 Å². The number of aryl methyl sites for hydroxylation is 1. The maximum atomic E-state index is 2.42. The highest BCUT2D eigenvalue weighted by Crippen LogP contribution is 2.53. The fraction of sp³-hybridized carbons (Fsp3) is 0.0870. The Bertz CT molecular complexity index is 2100. The third kappa shape index (κ3) is 5.26. The van der Waals surface area contributed by atoms with E-state index in [1.54, 1.807) is 0 Å². The van der Waals surface area contributed by atoms with Crippen molar-refractivity contribution < 1.29 is 0 Å². The number of hydrogen-bond acceptors (Lipinski definition) is 2. The number of rotatable bonds is 6. The molecule has 7 aromatic rings. The molecule has 0 saturated heterocycles. The third-order valence-electron chi connectivity index (χ3n) is 9.70. The Hall–Kier alpha value is -5.86.